The lowest BCUT2D eigenvalue weighted by Crippen LogP contribution is -2.27. The molecule has 0 aliphatic carbocycles. The van der Waals surface area contributed by atoms with E-state index in [1.165, 1.54) is 0 Å². The van der Waals surface area contributed by atoms with Gasteiger partial charge in [0, 0.05) is 5.56 Å². The highest BCUT2D eigenvalue weighted by Crippen LogP contribution is 2.34. The van der Waals surface area contributed by atoms with Gasteiger partial charge in [0.05, 0.1) is 23.0 Å². The molecule has 1 aromatic heterocycles. The molecule has 1 amide bonds. The molecule has 1 aliphatic heterocycles. The van der Waals surface area contributed by atoms with E-state index in [4.69, 9.17) is 14.6 Å². The van der Waals surface area contributed by atoms with E-state index in [0.29, 0.717) is 17.0 Å². The van der Waals surface area contributed by atoms with Crippen molar-refractivity contribution in [2.24, 2.45) is 0 Å². The summed E-state index contributed by atoms with van der Waals surface area (Å²) in [6.07, 6.45) is 0. The fraction of sp³-hybridized carbons (Fsp3) is 0.154. The van der Waals surface area contributed by atoms with E-state index >= 15 is 0 Å². The number of carbonyl (C=O) groups is 1. The molecule has 0 radical (unpaired) electrons. The molecule has 5 rings (SSSR count). The Hall–Kier alpha value is -4.06. The maximum absolute atomic E-state index is 13.5. The third-order valence-electron chi connectivity index (χ3n) is 5.64. The normalized spacial score (nSPS) is 13.1. The summed E-state index contributed by atoms with van der Waals surface area (Å²) < 4.78 is 12.7. The van der Waals surface area contributed by atoms with Gasteiger partial charge in [0.15, 0.2) is 11.5 Å². The predicted molar refractivity (Wildman–Crippen MR) is 122 cm³/mol. The van der Waals surface area contributed by atoms with Crippen molar-refractivity contribution in [1.82, 2.24) is 15.1 Å². The molecule has 1 atom stereocenters. The number of hydrogen-bond acceptors (Lipinski definition) is 4. The Labute approximate surface area is 186 Å². The van der Waals surface area contributed by atoms with Crippen LogP contribution in [0.1, 0.15) is 34.6 Å². The number of benzene rings is 3. The Morgan fingerprint density at radius 2 is 1.66 bits per heavy atom. The van der Waals surface area contributed by atoms with Gasteiger partial charge in [0.25, 0.3) is 5.91 Å². The van der Waals surface area contributed by atoms with Crippen LogP contribution in [0.2, 0.25) is 0 Å². The summed E-state index contributed by atoms with van der Waals surface area (Å²) in [6.45, 7) is 4.10. The quantitative estimate of drug-likeness (QED) is 0.485. The lowest BCUT2D eigenvalue weighted by molar-refractivity contribution is 0.0939. The van der Waals surface area contributed by atoms with Crippen LogP contribution < -0.4 is 14.8 Å². The van der Waals surface area contributed by atoms with E-state index in [9.17, 15) is 4.79 Å². The molecule has 0 spiro atoms. The van der Waals surface area contributed by atoms with Crippen LogP contribution in [0.4, 0.5) is 0 Å². The highest BCUT2D eigenvalue weighted by atomic mass is 16.7. The van der Waals surface area contributed by atoms with Crippen LogP contribution in [-0.2, 0) is 0 Å². The first-order valence-corrected chi connectivity index (χ1v) is 10.5. The van der Waals surface area contributed by atoms with Crippen LogP contribution in [-0.4, -0.2) is 22.5 Å². The van der Waals surface area contributed by atoms with Crippen molar-refractivity contribution in [3.05, 3.63) is 95.7 Å². The molecular formula is C26H23N3O3. The second-order valence-corrected chi connectivity index (χ2v) is 7.73. The molecule has 1 N–H and O–H groups in total. The largest absolute Gasteiger partial charge is 0.454 e. The van der Waals surface area contributed by atoms with Gasteiger partial charge in [0.1, 0.15) is 5.69 Å². The molecule has 160 valence electrons. The summed E-state index contributed by atoms with van der Waals surface area (Å²) in [5, 5.41) is 7.95. The summed E-state index contributed by atoms with van der Waals surface area (Å²) in [6, 6.07) is 25.1. The summed E-state index contributed by atoms with van der Waals surface area (Å²) in [5.74, 6) is 1.24. The second-order valence-electron chi connectivity index (χ2n) is 7.73. The number of hydrogen-bond donors (Lipinski definition) is 1. The number of rotatable bonds is 5. The highest BCUT2D eigenvalue weighted by Gasteiger charge is 2.25. The number of nitrogens with one attached hydrogen (secondary N) is 1. The summed E-state index contributed by atoms with van der Waals surface area (Å²) in [5.41, 5.74) is 4.74. The molecule has 0 saturated carbocycles. The van der Waals surface area contributed by atoms with E-state index in [1.807, 2.05) is 97.4 Å². The molecule has 1 unspecified atom stereocenters. The average Bonchev–Trinajstić information content (AvgIpc) is 3.44. The number of para-hydroxylation sites is 1. The van der Waals surface area contributed by atoms with E-state index in [2.05, 4.69) is 5.32 Å². The van der Waals surface area contributed by atoms with Crippen molar-refractivity contribution in [2.45, 2.75) is 19.9 Å². The van der Waals surface area contributed by atoms with E-state index in [-0.39, 0.29) is 18.7 Å². The van der Waals surface area contributed by atoms with Crippen molar-refractivity contribution in [3.63, 3.8) is 0 Å². The zero-order valence-corrected chi connectivity index (χ0v) is 17.9. The van der Waals surface area contributed by atoms with Gasteiger partial charge in [-0.15, -0.1) is 0 Å². The molecule has 0 fully saturated rings. The van der Waals surface area contributed by atoms with Crippen LogP contribution in [0.5, 0.6) is 11.5 Å². The fourth-order valence-corrected chi connectivity index (χ4v) is 3.93. The number of ether oxygens (including phenoxy) is 2. The van der Waals surface area contributed by atoms with Gasteiger partial charge < -0.3 is 14.8 Å². The lowest BCUT2D eigenvalue weighted by atomic mass is 10.0. The minimum atomic E-state index is -0.222. The highest BCUT2D eigenvalue weighted by molar-refractivity contribution is 6.01. The predicted octanol–water partition coefficient (Wildman–Crippen LogP) is 5.07. The maximum Gasteiger partial charge on any atom is 0.255 e. The maximum atomic E-state index is 13.5. The topological polar surface area (TPSA) is 65.4 Å². The lowest BCUT2D eigenvalue weighted by Gasteiger charge is -2.15. The zero-order chi connectivity index (χ0) is 22.1. The molecule has 0 bridgehead atoms. The molecule has 32 heavy (non-hydrogen) atoms. The second kappa shape index (κ2) is 8.23. The number of amides is 1. The van der Waals surface area contributed by atoms with Crippen molar-refractivity contribution in [3.8, 4) is 28.4 Å². The Kier molecular flexibility index (Phi) is 5.11. The van der Waals surface area contributed by atoms with Gasteiger partial charge in [-0.25, -0.2) is 4.68 Å². The van der Waals surface area contributed by atoms with Crippen LogP contribution >= 0.6 is 0 Å². The monoisotopic (exact) mass is 425 g/mol. The fourth-order valence-electron chi connectivity index (χ4n) is 3.93. The molecule has 3 aromatic carbocycles. The Morgan fingerprint density at radius 1 is 0.969 bits per heavy atom. The van der Waals surface area contributed by atoms with Gasteiger partial charge in [-0.05, 0) is 43.7 Å². The first-order valence-electron chi connectivity index (χ1n) is 10.5. The summed E-state index contributed by atoms with van der Waals surface area (Å²) in [4.78, 5) is 13.5. The number of aromatic nitrogens is 2. The third-order valence-corrected chi connectivity index (χ3v) is 5.64. The smallest absolute Gasteiger partial charge is 0.255 e. The summed E-state index contributed by atoms with van der Waals surface area (Å²) in [7, 11) is 0. The number of nitrogens with zero attached hydrogens (tertiary/aromatic N) is 2. The van der Waals surface area contributed by atoms with Gasteiger partial charge in [-0.3, -0.25) is 4.79 Å². The summed E-state index contributed by atoms with van der Waals surface area (Å²) >= 11 is 0. The average molecular weight is 425 g/mol. The van der Waals surface area contributed by atoms with E-state index < -0.39 is 0 Å². The van der Waals surface area contributed by atoms with Crippen molar-refractivity contribution >= 4 is 5.91 Å². The van der Waals surface area contributed by atoms with Crippen molar-refractivity contribution < 1.29 is 14.3 Å². The molecule has 6 heteroatoms. The van der Waals surface area contributed by atoms with Gasteiger partial charge in [-0.2, -0.15) is 5.10 Å². The van der Waals surface area contributed by atoms with E-state index in [1.54, 1.807) is 0 Å². The van der Waals surface area contributed by atoms with Crippen LogP contribution in [0.3, 0.4) is 0 Å². The molecule has 4 aromatic rings. The van der Waals surface area contributed by atoms with Crippen molar-refractivity contribution in [1.29, 1.82) is 0 Å². The Morgan fingerprint density at radius 3 is 2.41 bits per heavy atom. The standard InChI is InChI=1S/C26H23N3O3/c1-17(20-13-14-22-23(15-20)32-16-31-22)27-26(30)24-18(2)29(21-11-7-4-8-12-21)28-25(24)19-9-5-3-6-10-19/h3-15,17H,16H2,1-2H3,(H,27,30). The first-order chi connectivity index (χ1) is 15.6. The minimum absolute atomic E-state index is 0.172. The molecule has 6 nitrogen and oxygen atoms in total. The van der Waals surface area contributed by atoms with Crippen LogP contribution in [0.25, 0.3) is 16.9 Å². The molecule has 1 aliphatic rings. The number of carbonyl (C=O) groups excluding carboxylic acids is 1. The molecule has 2 heterocycles. The zero-order valence-electron chi connectivity index (χ0n) is 17.9. The third kappa shape index (κ3) is 3.60. The molecule has 0 saturated heterocycles. The van der Waals surface area contributed by atoms with E-state index in [0.717, 1.165) is 28.3 Å². The van der Waals surface area contributed by atoms with Crippen molar-refractivity contribution in [2.75, 3.05) is 6.79 Å². The van der Waals surface area contributed by atoms with Crippen LogP contribution in [0, 0.1) is 6.92 Å². The Bertz CT molecular complexity index is 1270. The van der Waals surface area contributed by atoms with Crippen LogP contribution in [0.15, 0.2) is 78.9 Å². The van der Waals surface area contributed by atoms with Gasteiger partial charge >= 0.3 is 0 Å². The van der Waals surface area contributed by atoms with Gasteiger partial charge in [-0.1, -0.05) is 54.6 Å². The molecular weight excluding hydrogens is 402 g/mol. The number of fused-ring (bicyclic) bond motifs is 1. The van der Waals surface area contributed by atoms with Gasteiger partial charge in [0.2, 0.25) is 6.79 Å². The Balaban J connectivity index is 1.51. The SMILES string of the molecule is Cc1c(C(=O)NC(C)c2ccc3c(c2)OCO3)c(-c2ccccc2)nn1-c1ccccc1. The first kappa shape index (κ1) is 19.9. The minimum Gasteiger partial charge on any atom is -0.454 e.